The normalized spacial score (nSPS) is 57.1. The molecule has 180 valence electrons. The highest BCUT2D eigenvalue weighted by Gasteiger charge is 2.72. The van der Waals surface area contributed by atoms with Gasteiger partial charge in [-0.1, -0.05) is 55.4 Å². The molecule has 0 bridgehead atoms. The van der Waals surface area contributed by atoms with Crippen molar-refractivity contribution in [3.05, 3.63) is 0 Å². The molecule has 5 aliphatic carbocycles. The smallest absolute Gasteiger partial charge is 0.144 e. The Hall–Kier alpha value is -0.660. The van der Waals surface area contributed by atoms with Crippen molar-refractivity contribution >= 4 is 11.6 Å². The summed E-state index contributed by atoms with van der Waals surface area (Å²) in [5.74, 6) is 1.95. The van der Waals surface area contributed by atoms with Crippen LogP contribution >= 0.6 is 0 Å². The van der Waals surface area contributed by atoms with Crippen molar-refractivity contribution in [3.63, 3.8) is 0 Å². The van der Waals surface area contributed by atoms with Gasteiger partial charge in [0.2, 0.25) is 0 Å². The summed E-state index contributed by atoms with van der Waals surface area (Å²) < 4.78 is 0. The molecule has 9 atom stereocenters. The van der Waals surface area contributed by atoms with Gasteiger partial charge in [-0.2, -0.15) is 0 Å². The van der Waals surface area contributed by atoms with Gasteiger partial charge in [0.15, 0.2) is 0 Å². The first-order chi connectivity index (χ1) is 14.6. The number of hydrogen-bond acceptors (Lipinski definition) is 2. The van der Waals surface area contributed by atoms with Crippen LogP contribution in [-0.2, 0) is 9.59 Å². The van der Waals surface area contributed by atoms with E-state index in [9.17, 15) is 9.59 Å². The maximum atomic E-state index is 13.5. The molecule has 5 rings (SSSR count). The lowest BCUT2D eigenvalue weighted by atomic mass is 9.30. The lowest BCUT2D eigenvalue weighted by Gasteiger charge is -2.74. The molecule has 0 N–H and O–H groups in total. The largest absolute Gasteiger partial charge is 0.299 e. The standard InChI is InChI=1S/C30H48O2/c1-19-20(31)17-21(32)24-27(19,5)10-9-22-28(24,6)14-16-30(8)23-18-25(2,3)11-12-26(23,4)13-15-29(22,30)7/h19,22-24H,9-18H2,1-8H3/t19-,22-,23+,24+,26+,27+,28-,29+,30-/m1/s1. The van der Waals surface area contributed by atoms with Crippen molar-refractivity contribution in [1.82, 2.24) is 0 Å². The van der Waals surface area contributed by atoms with Gasteiger partial charge in [0.05, 0.1) is 6.42 Å². The van der Waals surface area contributed by atoms with Crippen LogP contribution in [0.15, 0.2) is 0 Å². The minimum absolute atomic E-state index is 0.0258. The summed E-state index contributed by atoms with van der Waals surface area (Å²) in [6.07, 6.45) is 11.7. The van der Waals surface area contributed by atoms with Crippen molar-refractivity contribution in [2.45, 2.75) is 120 Å². The molecule has 0 heterocycles. The highest BCUT2D eigenvalue weighted by molar-refractivity contribution is 6.04. The van der Waals surface area contributed by atoms with Crippen molar-refractivity contribution in [3.8, 4) is 0 Å². The highest BCUT2D eigenvalue weighted by Crippen LogP contribution is 2.78. The molecule has 0 aromatic carbocycles. The molecule has 2 heteroatoms. The molecular weight excluding hydrogens is 392 g/mol. The van der Waals surface area contributed by atoms with Crippen LogP contribution in [0.25, 0.3) is 0 Å². The van der Waals surface area contributed by atoms with E-state index in [2.05, 4.69) is 55.4 Å². The quantitative estimate of drug-likeness (QED) is 0.363. The third-order valence-electron chi connectivity index (χ3n) is 13.4. The zero-order valence-corrected chi connectivity index (χ0v) is 22.2. The molecule has 0 saturated heterocycles. The molecule has 0 aromatic rings. The highest BCUT2D eigenvalue weighted by atomic mass is 16.2. The van der Waals surface area contributed by atoms with Crippen LogP contribution < -0.4 is 0 Å². The Kier molecular flexibility index (Phi) is 4.70. The van der Waals surface area contributed by atoms with Crippen LogP contribution in [0, 0.1) is 56.2 Å². The average molecular weight is 441 g/mol. The Bertz CT molecular complexity index is 857. The Balaban J connectivity index is 1.58. The number of carbonyl (C=O) groups is 2. The molecule has 0 aromatic heterocycles. The van der Waals surface area contributed by atoms with Gasteiger partial charge in [-0.15, -0.1) is 0 Å². The van der Waals surface area contributed by atoms with Crippen LogP contribution in [0.5, 0.6) is 0 Å². The summed E-state index contributed by atoms with van der Waals surface area (Å²) >= 11 is 0. The van der Waals surface area contributed by atoms with E-state index in [1.165, 1.54) is 51.4 Å². The van der Waals surface area contributed by atoms with Crippen LogP contribution in [0.1, 0.15) is 120 Å². The summed E-state index contributed by atoms with van der Waals surface area (Å²) in [5, 5.41) is 0. The summed E-state index contributed by atoms with van der Waals surface area (Å²) in [4.78, 5) is 26.2. The lowest BCUT2D eigenvalue weighted by molar-refractivity contribution is -0.252. The first-order valence-electron chi connectivity index (χ1n) is 13.7. The topological polar surface area (TPSA) is 34.1 Å². The molecule has 5 fully saturated rings. The fraction of sp³-hybridized carbons (Fsp3) is 0.933. The summed E-state index contributed by atoms with van der Waals surface area (Å²) in [6.45, 7) is 19.8. The van der Waals surface area contributed by atoms with E-state index >= 15 is 0 Å². The summed E-state index contributed by atoms with van der Waals surface area (Å²) in [7, 11) is 0. The van der Waals surface area contributed by atoms with E-state index in [1.54, 1.807) is 0 Å². The Morgan fingerprint density at radius 1 is 0.656 bits per heavy atom. The second-order valence-electron chi connectivity index (χ2n) is 15.3. The van der Waals surface area contributed by atoms with E-state index in [0.29, 0.717) is 27.6 Å². The van der Waals surface area contributed by atoms with Crippen LogP contribution in [0.4, 0.5) is 0 Å². The van der Waals surface area contributed by atoms with E-state index in [1.807, 2.05) is 0 Å². The van der Waals surface area contributed by atoms with Crippen molar-refractivity contribution in [1.29, 1.82) is 0 Å². The number of rotatable bonds is 0. The molecule has 0 spiro atoms. The molecule has 0 radical (unpaired) electrons. The molecule has 5 saturated carbocycles. The van der Waals surface area contributed by atoms with Gasteiger partial charge >= 0.3 is 0 Å². The van der Waals surface area contributed by atoms with Gasteiger partial charge < -0.3 is 0 Å². The second-order valence-corrected chi connectivity index (χ2v) is 15.3. The van der Waals surface area contributed by atoms with Crippen molar-refractivity contribution in [2.24, 2.45) is 56.2 Å². The predicted molar refractivity (Wildman–Crippen MR) is 130 cm³/mol. The Morgan fingerprint density at radius 2 is 1.25 bits per heavy atom. The van der Waals surface area contributed by atoms with E-state index in [4.69, 9.17) is 0 Å². The third-order valence-corrected chi connectivity index (χ3v) is 13.4. The second kappa shape index (κ2) is 6.51. The molecule has 2 nitrogen and oxygen atoms in total. The van der Waals surface area contributed by atoms with E-state index in [0.717, 1.165) is 12.3 Å². The van der Waals surface area contributed by atoms with Gasteiger partial charge in [-0.25, -0.2) is 0 Å². The fourth-order valence-electron chi connectivity index (χ4n) is 11.0. The van der Waals surface area contributed by atoms with Gasteiger partial charge in [-0.3, -0.25) is 9.59 Å². The minimum atomic E-state index is -0.141. The molecule has 32 heavy (non-hydrogen) atoms. The molecule has 0 amide bonds. The molecule has 0 aliphatic heterocycles. The van der Waals surface area contributed by atoms with Crippen LogP contribution in [0.2, 0.25) is 0 Å². The van der Waals surface area contributed by atoms with Gasteiger partial charge in [0.1, 0.15) is 11.6 Å². The summed E-state index contributed by atoms with van der Waals surface area (Å²) in [5.41, 5.74) is 1.50. The zero-order chi connectivity index (χ0) is 23.5. The third kappa shape index (κ3) is 2.65. The molecular formula is C30H48O2. The van der Waals surface area contributed by atoms with Crippen LogP contribution in [-0.4, -0.2) is 11.6 Å². The van der Waals surface area contributed by atoms with Gasteiger partial charge in [-0.05, 0) is 102 Å². The Labute approximate surface area is 197 Å². The lowest BCUT2D eigenvalue weighted by Crippen LogP contribution is -2.69. The predicted octanol–water partition coefficient (Wildman–Crippen LogP) is 7.64. The molecule has 0 unspecified atom stereocenters. The SMILES string of the molecule is C[C@@H]1C(=O)CC(=O)[C@@H]2[C@]3(C)CC[C@]4(C)[C@H]5CC(C)(C)CC[C@@]5(C)CC[C@@]4(C)[C@@H]3CC[C@]21C. The minimum Gasteiger partial charge on any atom is -0.299 e. The van der Waals surface area contributed by atoms with Gasteiger partial charge in [0.25, 0.3) is 0 Å². The maximum absolute atomic E-state index is 13.5. The number of fused-ring (bicyclic) bond motifs is 7. The van der Waals surface area contributed by atoms with E-state index < -0.39 is 0 Å². The van der Waals surface area contributed by atoms with E-state index in [-0.39, 0.29) is 40.7 Å². The molecule has 5 aliphatic rings. The number of hydrogen-bond donors (Lipinski definition) is 0. The number of Topliss-reactive ketones (excluding diaryl/α,β-unsaturated/α-hetero) is 2. The first kappa shape index (κ1) is 23.1. The summed E-state index contributed by atoms with van der Waals surface area (Å²) in [6, 6.07) is 0. The number of carbonyl (C=O) groups excluding carboxylic acids is 2. The number of ketones is 2. The van der Waals surface area contributed by atoms with Crippen molar-refractivity contribution < 1.29 is 9.59 Å². The fourth-order valence-corrected chi connectivity index (χ4v) is 11.0. The zero-order valence-electron chi connectivity index (χ0n) is 22.2. The average Bonchev–Trinajstić information content (AvgIpc) is 2.69. The van der Waals surface area contributed by atoms with Crippen molar-refractivity contribution in [2.75, 3.05) is 0 Å². The van der Waals surface area contributed by atoms with Crippen LogP contribution in [0.3, 0.4) is 0 Å². The Morgan fingerprint density at radius 3 is 1.94 bits per heavy atom. The van der Waals surface area contributed by atoms with Gasteiger partial charge in [0, 0.05) is 11.8 Å². The first-order valence-corrected chi connectivity index (χ1v) is 13.7. The maximum Gasteiger partial charge on any atom is 0.144 e. The monoisotopic (exact) mass is 440 g/mol.